The van der Waals surface area contributed by atoms with Crippen molar-refractivity contribution < 1.29 is 9.18 Å². The number of aromatic nitrogens is 2. The first-order chi connectivity index (χ1) is 10.6. The molecule has 0 saturated carbocycles. The van der Waals surface area contributed by atoms with Gasteiger partial charge in [-0.1, -0.05) is 6.07 Å². The van der Waals surface area contributed by atoms with Gasteiger partial charge in [0.2, 0.25) is 5.91 Å². The first-order valence-corrected chi connectivity index (χ1v) is 7.20. The molecule has 2 heterocycles. The van der Waals surface area contributed by atoms with Gasteiger partial charge in [0.1, 0.15) is 11.6 Å². The van der Waals surface area contributed by atoms with E-state index >= 15 is 0 Å². The second-order valence-electron chi connectivity index (χ2n) is 5.36. The predicted molar refractivity (Wildman–Crippen MR) is 80.5 cm³/mol. The zero-order valence-electron chi connectivity index (χ0n) is 12.3. The van der Waals surface area contributed by atoms with Gasteiger partial charge in [-0.2, -0.15) is 0 Å². The van der Waals surface area contributed by atoms with E-state index in [-0.39, 0.29) is 17.8 Å². The van der Waals surface area contributed by atoms with Crippen LogP contribution < -0.4 is 5.32 Å². The minimum atomic E-state index is -0.289. The maximum Gasteiger partial charge on any atom is 0.219 e. The molecular formula is C16H17FN4O. The zero-order valence-corrected chi connectivity index (χ0v) is 12.3. The number of fused-ring (bicyclic) bond motifs is 1. The van der Waals surface area contributed by atoms with Gasteiger partial charge in [-0.15, -0.1) is 0 Å². The molecule has 0 spiro atoms. The number of carbonyl (C=O) groups is 1. The van der Waals surface area contributed by atoms with E-state index in [2.05, 4.69) is 15.3 Å². The Morgan fingerprint density at radius 1 is 1.41 bits per heavy atom. The molecule has 1 atom stereocenters. The lowest BCUT2D eigenvalue weighted by atomic mass is 9.99. The van der Waals surface area contributed by atoms with E-state index in [9.17, 15) is 9.18 Å². The molecular weight excluding hydrogens is 283 g/mol. The number of hydrogen-bond acceptors (Lipinski definition) is 4. The number of nitrogens with zero attached hydrogens (tertiary/aromatic N) is 3. The van der Waals surface area contributed by atoms with E-state index in [4.69, 9.17) is 0 Å². The lowest BCUT2D eigenvalue weighted by Gasteiger charge is -2.19. The van der Waals surface area contributed by atoms with Crippen molar-refractivity contribution in [3.05, 3.63) is 53.7 Å². The molecule has 1 N–H and O–H groups in total. The summed E-state index contributed by atoms with van der Waals surface area (Å²) in [4.78, 5) is 21.7. The summed E-state index contributed by atoms with van der Waals surface area (Å²) in [5, 5.41) is 3.32. The van der Waals surface area contributed by atoms with Crippen molar-refractivity contribution >= 4 is 11.7 Å². The second kappa shape index (κ2) is 6.09. The molecule has 3 rings (SSSR count). The molecule has 0 fully saturated rings. The zero-order chi connectivity index (χ0) is 15.5. The number of amides is 1. The van der Waals surface area contributed by atoms with E-state index in [1.165, 1.54) is 19.1 Å². The molecule has 0 bridgehead atoms. The molecule has 1 aromatic heterocycles. The Balaban J connectivity index is 1.93. The Bertz CT molecular complexity index is 677. The summed E-state index contributed by atoms with van der Waals surface area (Å²) in [5.41, 5.74) is 1.82. The van der Waals surface area contributed by atoms with Gasteiger partial charge in [0.05, 0.1) is 12.2 Å². The highest BCUT2D eigenvalue weighted by Crippen LogP contribution is 2.29. The molecule has 1 aliphatic heterocycles. The largest absolute Gasteiger partial charge is 0.362 e. The first-order valence-electron chi connectivity index (χ1n) is 7.20. The molecule has 6 heteroatoms. The van der Waals surface area contributed by atoms with Crippen LogP contribution in [-0.2, 0) is 11.3 Å². The molecule has 1 aliphatic rings. The van der Waals surface area contributed by atoms with E-state index in [1.54, 1.807) is 29.6 Å². The van der Waals surface area contributed by atoms with E-state index in [0.717, 1.165) is 17.5 Å². The van der Waals surface area contributed by atoms with E-state index in [0.29, 0.717) is 18.9 Å². The molecule has 0 saturated heterocycles. The number of hydrogen-bond donors (Lipinski definition) is 1. The van der Waals surface area contributed by atoms with E-state index < -0.39 is 0 Å². The summed E-state index contributed by atoms with van der Waals surface area (Å²) < 4.78 is 13.6. The van der Waals surface area contributed by atoms with Crippen LogP contribution in [0.4, 0.5) is 10.2 Å². The minimum Gasteiger partial charge on any atom is -0.362 e. The van der Waals surface area contributed by atoms with Gasteiger partial charge < -0.3 is 10.2 Å². The van der Waals surface area contributed by atoms with Crippen molar-refractivity contribution in [3.63, 3.8) is 0 Å². The summed E-state index contributed by atoms with van der Waals surface area (Å²) in [7, 11) is 0. The van der Waals surface area contributed by atoms with Crippen molar-refractivity contribution in [1.29, 1.82) is 0 Å². The van der Waals surface area contributed by atoms with Gasteiger partial charge in [-0.3, -0.25) is 9.78 Å². The monoisotopic (exact) mass is 300 g/mol. The maximum absolute atomic E-state index is 13.6. The number of benzene rings is 1. The van der Waals surface area contributed by atoms with Crippen LogP contribution in [0, 0.1) is 5.82 Å². The Morgan fingerprint density at radius 3 is 3.00 bits per heavy atom. The molecule has 22 heavy (non-hydrogen) atoms. The average molecular weight is 300 g/mol. The van der Waals surface area contributed by atoms with Crippen molar-refractivity contribution in [1.82, 2.24) is 14.9 Å². The summed E-state index contributed by atoms with van der Waals surface area (Å²) >= 11 is 0. The summed E-state index contributed by atoms with van der Waals surface area (Å²) in [6, 6.07) is 4.70. The predicted octanol–water partition coefficient (Wildman–Crippen LogP) is 2.52. The number of nitrogens with one attached hydrogen (secondary N) is 1. The van der Waals surface area contributed by atoms with E-state index in [1.807, 2.05) is 0 Å². The number of anilines is 1. The minimum absolute atomic E-state index is 0.00429. The molecule has 1 amide bonds. The molecule has 5 nitrogen and oxygen atoms in total. The Labute approximate surface area is 128 Å². The van der Waals surface area contributed by atoms with Crippen LogP contribution in [0.25, 0.3) is 0 Å². The van der Waals surface area contributed by atoms with Gasteiger partial charge in [-0.05, 0) is 29.7 Å². The Morgan fingerprint density at radius 2 is 2.27 bits per heavy atom. The van der Waals surface area contributed by atoms with Crippen molar-refractivity contribution in [2.75, 3.05) is 11.9 Å². The highest BCUT2D eigenvalue weighted by Gasteiger charge is 2.24. The lowest BCUT2D eigenvalue weighted by molar-refractivity contribution is -0.129. The molecule has 1 unspecified atom stereocenters. The summed E-state index contributed by atoms with van der Waals surface area (Å²) in [5.74, 6) is 0.372. The van der Waals surface area contributed by atoms with Crippen LogP contribution in [0.3, 0.4) is 0 Å². The fourth-order valence-corrected chi connectivity index (χ4v) is 2.75. The van der Waals surface area contributed by atoms with Crippen LogP contribution >= 0.6 is 0 Å². The maximum atomic E-state index is 13.6. The Kier molecular flexibility index (Phi) is 4.00. The van der Waals surface area contributed by atoms with Gasteiger partial charge in [0.15, 0.2) is 0 Å². The third kappa shape index (κ3) is 3.05. The Hall–Kier alpha value is -2.50. The normalized spacial score (nSPS) is 17.5. The first kappa shape index (κ1) is 14.4. The summed E-state index contributed by atoms with van der Waals surface area (Å²) in [6.45, 7) is 2.58. The smallest absolute Gasteiger partial charge is 0.219 e. The third-order valence-corrected chi connectivity index (χ3v) is 3.86. The standard InChI is InChI=1S/C16H17FN4O/c1-11(22)21-7-4-15(20-16-9-18-5-6-19-16)14-3-2-13(17)8-12(14)10-21/h2-3,5-6,8-9,15H,4,7,10H2,1H3,(H,19,20). The quantitative estimate of drug-likeness (QED) is 0.926. The van der Waals surface area contributed by atoms with Crippen LogP contribution in [0.2, 0.25) is 0 Å². The van der Waals surface area contributed by atoms with Crippen molar-refractivity contribution in [2.24, 2.45) is 0 Å². The fourth-order valence-electron chi connectivity index (χ4n) is 2.75. The van der Waals surface area contributed by atoms with Crippen LogP contribution in [-0.4, -0.2) is 27.3 Å². The molecule has 0 aliphatic carbocycles. The van der Waals surface area contributed by atoms with Crippen molar-refractivity contribution in [2.45, 2.75) is 25.9 Å². The highest BCUT2D eigenvalue weighted by molar-refractivity contribution is 5.73. The topological polar surface area (TPSA) is 58.1 Å². The van der Waals surface area contributed by atoms with Gasteiger partial charge in [-0.25, -0.2) is 9.37 Å². The molecule has 2 aromatic rings. The average Bonchev–Trinajstić information content (AvgIpc) is 2.68. The number of halogens is 1. The fraction of sp³-hybridized carbons (Fsp3) is 0.312. The lowest BCUT2D eigenvalue weighted by Crippen LogP contribution is -2.28. The summed E-state index contributed by atoms with van der Waals surface area (Å²) in [6.07, 6.45) is 5.61. The van der Waals surface area contributed by atoms with Gasteiger partial charge >= 0.3 is 0 Å². The van der Waals surface area contributed by atoms with Gasteiger partial charge in [0, 0.05) is 32.4 Å². The third-order valence-electron chi connectivity index (χ3n) is 3.86. The van der Waals surface area contributed by atoms with Crippen LogP contribution in [0.1, 0.15) is 30.5 Å². The number of carbonyl (C=O) groups excluding carboxylic acids is 1. The molecule has 1 aromatic carbocycles. The number of rotatable bonds is 2. The van der Waals surface area contributed by atoms with Gasteiger partial charge in [0.25, 0.3) is 0 Å². The SMILES string of the molecule is CC(=O)N1CCC(Nc2cnccn2)c2ccc(F)cc2C1. The molecule has 0 radical (unpaired) electrons. The molecule has 114 valence electrons. The highest BCUT2D eigenvalue weighted by atomic mass is 19.1. The van der Waals surface area contributed by atoms with Crippen LogP contribution in [0.15, 0.2) is 36.8 Å². The van der Waals surface area contributed by atoms with Crippen LogP contribution in [0.5, 0.6) is 0 Å². The van der Waals surface area contributed by atoms with Crippen molar-refractivity contribution in [3.8, 4) is 0 Å². The second-order valence-corrected chi connectivity index (χ2v) is 5.36.